The topological polar surface area (TPSA) is 124 Å². The number of carbonyl (C=O) groups is 5. The van der Waals surface area contributed by atoms with Gasteiger partial charge in [0.25, 0.3) is 11.8 Å². The molecule has 31 heavy (non-hydrogen) atoms. The number of carboxylic acids is 1. The molecule has 3 heterocycles. The maximum Gasteiger partial charge on any atom is 0.306 e. The number of rotatable bonds is 4. The fourth-order valence-electron chi connectivity index (χ4n) is 5.35. The van der Waals surface area contributed by atoms with Gasteiger partial charge in [0.15, 0.2) is 0 Å². The van der Waals surface area contributed by atoms with Crippen LogP contribution in [0.2, 0.25) is 0 Å². The maximum atomic E-state index is 13.2. The van der Waals surface area contributed by atoms with Crippen LogP contribution in [0.3, 0.4) is 0 Å². The largest absolute Gasteiger partial charge is 0.481 e. The van der Waals surface area contributed by atoms with Crippen molar-refractivity contribution in [2.45, 2.75) is 38.1 Å². The van der Waals surface area contributed by atoms with Crippen LogP contribution in [-0.4, -0.2) is 58.7 Å². The van der Waals surface area contributed by atoms with Gasteiger partial charge in [0.05, 0.1) is 22.7 Å². The molecule has 3 fully saturated rings. The Bertz CT molecular complexity index is 1010. The van der Waals surface area contributed by atoms with E-state index in [1.165, 1.54) is 0 Å². The van der Waals surface area contributed by atoms with Gasteiger partial charge in [0.2, 0.25) is 11.8 Å². The third-order valence-corrected chi connectivity index (χ3v) is 7.09. The number of carbonyl (C=O) groups excluding carboxylic acids is 4. The van der Waals surface area contributed by atoms with Gasteiger partial charge in [-0.1, -0.05) is 6.07 Å². The van der Waals surface area contributed by atoms with Crippen molar-refractivity contribution in [2.24, 2.45) is 17.8 Å². The number of hydrogen-bond donors (Lipinski definition) is 2. The van der Waals surface area contributed by atoms with Crippen LogP contribution >= 0.6 is 0 Å². The lowest BCUT2D eigenvalue weighted by Gasteiger charge is -2.34. The number of imide groups is 2. The van der Waals surface area contributed by atoms with Gasteiger partial charge in [-0.2, -0.15) is 0 Å². The molecule has 1 aromatic carbocycles. The molecule has 162 valence electrons. The van der Waals surface area contributed by atoms with E-state index in [2.05, 4.69) is 10.2 Å². The normalized spacial score (nSPS) is 28.6. The van der Waals surface area contributed by atoms with Gasteiger partial charge in [-0.3, -0.25) is 34.2 Å². The molecule has 4 aliphatic rings. The maximum absolute atomic E-state index is 13.2. The van der Waals surface area contributed by atoms with Crippen LogP contribution in [0.4, 0.5) is 5.69 Å². The number of nitrogens with one attached hydrogen (secondary N) is 1. The fraction of sp³-hybridized carbons (Fsp3) is 0.500. The molecule has 0 aromatic heterocycles. The molecule has 1 aromatic rings. The molecule has 5 rings (SSSR count). The van der Waals surface area contributed by atoms with Crippen LogP contribution in [-0.2, 0) is 14.4 Å². The molecule has 3 unspecified atom stereocenters. The molecule has 1 saturated carbocycles. The Balaban J connectivity index is 1.35. The molecule has 0 radical (unpaired) electrons. The van der Waals surface area contributed by atoms with Gasteiger partial charge in [-0.05, 0) is 49.7 Å². The summed E-state index contributed by atoms with van der Waals surface area (Å²) in [6.45, 7) is 1.37. The molecule has 9 heteroatoms. The summed E-state index contributed by atoms with van der Waals surface area (Å²) in [5, 5.41) is 11.4. The Morgan fingerprint density at radius 3 is 2.42 bits per heavy atom. The van der Waals surface area contributed by atoms with Crippen LogP contribution in [0, 0.1) is 17.8 Å². The highest BCUT2D eigenvalue weighted by Gasteiger charge is 2.49. The first-order chi connectivity index (χ1) is 14.9. The van der Waals surface area contributed by atoms with E-state index in [9.17, 15) is 29.1 Å². The van der Waals surface area contributed by atoms with E-state index in [1.807, 2.05) is 6.07 Å². The standard InChI is InChI=1S/C22H23N3O6/c26-17-5-4-16(19(27)23-17)25-20(28)12-2-1-3-15(18(12)21(25)29)24-8-6-11(7-9-24)13-10-14(13)22(30)31/h1-3,11,13-14,16H,4-10H2,(H,30,31)(H,23,26,27). The second-order valence-corrected chi connectivity index (χ2v) is 8.82. The minimum Gasteiger partial charge on any atom is -0.481 e. The lowest BCUT2D eigenvalue weighted by molar-refractivity contribution is -0.139. The molecule has 0 spiro atoms. The van der Waals surface area contributed by atoms with E-state index in [-0.39, 0.29) is 30.2 Å². The van der Waals surface area contributed by atoms with Gasteiger partial charge < -0.3 is 10.0 Å². The SMILES string of the molecule is O=C1CCC(N2C(=O)c3cccc(N4CCC(C5CC5C(=O)O)CC4)c3C2=O)C(=O)N1. The minimum absolute atomic E-state index is 0.0860. The van der Waals surface area contributed by atoms with Gasteiger partial charge in [-0.25, -0.2) is 0 Å². The molecule has 1 aliphatic carbocycles. The van der Waals surface area contributed by atoms with Crippen molar-refractivity contribution in [1.82, 2.24) is 10.2 Å². The number of piperidine rings is 2. The van der Waals surface area contributed by atoms with Crippen molar-refractivity contribution in [3.8, 4) is 0 Å². The highest BCUT2D eigenvalue weighted by atomic mass is 16.4. The number of nitrogens with zero attached hydrogens (tertiary/aromatic N) is 2. The molecule has 3 aliphatic heterocycles. The van der Waals surface area contributed by atoms with Crippen molar-refractivity contribution in [3.05, 3.63) is 29.3 Å². The monoisotopic (exact) mass is 425 g/mol. The number of aliphatic carboxylic acids is 1. The number of carboxylic acid groups (broad SMARTS) is 1. The third kappa shape index (κ3) is 3.19. The summed E-state index contributed by atoms with van der Waals surface area (Å²) in [7, 11) is 0. The molecule has 2 saturated heterocycles. The van der Waals surface area contributed by atoms with E-state index in [0.29, 0.717) is 30.3 Å². The molecule has 2 N–H and O–H groups in total. The average molecular weight is 425 g/mol. The van der Waals surface area contributed by atoms with E-state index >= 15 is 0 Å². The zero-order valence-electron chi connectivity index (χ0n) is 16.9. The smallest absolute Gasteiger partial charge is 0.306 e. The summed E-state index contributed by atoms with van der Waals surface area (Å²) >= 11 is 0. The number of hydrogen-bond acceptors (Lipinski definition) is 6. The highest BCUT2D eigenvalue weighted by molar-refractivity contribution is 6.25. The van der Waals surface area contributed by atoms with E-state index in [4.69, 9.17) is 0 Å². The van der Waals surface area contributed by atoms with Gasteiger partial charge >= 0.3 is 5.97 Å². The summed E-state index contributed by atoms with van der Waals surface area (Å²) in [4.78, 5) is 64.2. The first kappa shape index (κ1) is 19.7. The zero-order valence-corrected chi connectivity index (χ0v) is 16.9. The van der Waals surface area contributed by atoms with Crippen LogP contribution in [0.1, 0.15) is 52.8 Å². The lowest BCUT2D eigenvalue weighted by Crippen LogP contribution is -2.54. The second kappa shape index (κ2) is 7.18. The van der Waals surface area contributed by atoms with Crippen molar-refractivity contribution < 1.29 is 29.1 Å². The first-order valence-electron chi connectivity index (χ1n) is 10.7. The van der Waals surface area contributed by atoms with Crippen molar-refractivity contribution in [3.63, 3.8) is 0 Å². The fourth-order valence-corrected chi connectivity index (χ4v) is 5.35. The summed E-state index contributed by atoms with van der Waals surface area (Å²) in [6.07, 6.45) is 2.65. The molecule has 0 bridgehead atoms. The van der Waals surface area contributed by atoms with E-state index in [1.54, 1.807) is 12.1 Å². The summed E-state index contributed by atoms with van der Waals surface area (Å²) in [5.41, 5.74) is 1.27. The third-order valence-electron chi connectivity index (χ3n) is 7.09. The van der Waals surface area contributed by atoms with Crippen LogP contribution in [0.5, 0.6) is 0 Å². The number of amides is 4. The average Bonchev–Trinajstić information content (AvgIpc) is 3.52. The van der Waals surface area contributed by atoms with Crippen LogP contribution in [0.25, 0.3) is 0 Å². The zero-order chi connectivity index (χ0) is 21.9. The summed E-state index contributed by atoms with van der Waals surface area (Å²) < 4.78 is 0. The van der Waals surface area contributed by atoms with Crippen molar-refractivity contribution in [2.75, 3.05) is 18.0 Å². The second-order valence-electron chi connectivity index (χ2n) is 8.82. The predicted octanol–water partition coefficient (Wildman–Crippen LogP) is 1.02. The lowest BCUT2D eigenvalue weighted by atomic mass is 9.90. The van der Waals surface area contributed by atoms with Crippen molar-refractivity contribution in [1.29, 1.82) is 0 Å². The predicted molar refractivity (Wildman–Crippen MR) is 107 cm³/mol. The number of anilines is 1. The van der Waals surface area contributed by atoms with Crippen LogP contribution < -0.4 is 10.2 Å². The number of fused-ring (bicyclic) bond motifs is 1. The van der Waals surface area contributed by atoms with E-state index < -0.39 is 35.6 Å². The minimum atomic E-state index is -0.980. The number of benzene rings is 1. The Hall–Kier alpha value is -3.23. The highest BCUT2D eigenvalue weighted by Crippen LogP contribution is 2.48. The molecule has 9 nitrogen and oxygen atoms in total. The van der Waals surface area contributed by atoms with Crippen molar-refractivity contribution >= 4 is 35.3 Å². The Kier molecular flexibility index (Phi) is 4.56. The Morgan fingerprint density at radius 1 is 1.03 bits per heavy atom. The summed E-state index contributed by atoms with van der Waals surface area (Å²) in [6, 6.07) is 4.17. The Labute approximate surface area is 178 Å². The van der Waals surface area contributed by atoms with E-state index in [0.717, 1.165) is 24.2 Å². The Morgan fingerprint density at radius 2 is 1.77 bits per heavy atom. The summed E-state index contributed by atoms with van der Waals surface area (Å²) in [5.74, 6) is -2.36. The molecular formula is C22H23N3O6. The molecule has 4 amide bonds. The van der Waals surface area contributed by atoms with Gasteiger partial charge in [-0.15, -0.1) is 0 Å². The van der Waals surface area contributed by atoms with Gasteiger partial charge in [0, 0.05) is 19.5 Å². The first-order valence-corrected chi connectivity index (χ1v) is 10.7. The molecular weight excluding hydrogens is 402 g/mol. The van der Waals surface area contributed by atoms with Crippen LogP contribution in [0.15, 0.2) is 18.2 Å². The quantitative estimate of drug-likeness (QED) is 0.690. The van der Waals surface area contributed by atoms with Gasteiger partial charge in [0.1, 0.15) is 6.04 Å². The molecule has 3 atom stereocenters.